The maximum atomic E-state index is 2.39. The van der Waals surface area contributed by atoms with Gasteiger partial charge in [0.25, 0.3) is 0 Å². The Hall–Kier alpha value is -1.20. The molecule has 6 atom stereocenters. The van der Waals surface area contributed by atoms with Crippen LogP contribution in [0.3, 0.4) is 0 Å². The molecule has 2 aliphatic carbocycles. The lowest BCUT2D eigenvalue weighted by atomic mass is 9.88. The van der Waals surface area contributed by atoms with E-state index in [9.17, 15) is 0 Å². The highest BCUT2D eigenvalue weighted by Crippen LogP contribution is 2.73. The van der Waals surface area contributed by atoms with Crippen molar-refractivity contribution in [2.24, 2.45) is 0 Å². The molecule has 146 valence electrons. The third-order valence-corrected chi connectivity index (χ3v) is 13.4. The molecule has 4 aliphatic rings. The smallest absolute Gasteiger partial charge is 0.0540 e. The van der Waals surface area contributed by atoms with E-state index in [1.54, 1.807) is 33.0 Å². The molecule has 0 saturated carbocycles. The fourth-order valence-corrected chi connectivity index (χ4v) is 12.8. The van der Waals surface area contributed by atoms with Crippen LogP contribution in [0.4, 0.5) is 0 Å². The Morgan fingerprint density at radius 2 is 0.900 bits per heavy atom. The minimum absolute atomic E-state index is 0.599. The molecule has 0 aromatic heterocycles. The summed E-state index contributed by atoms with van der Waals surface area (Å²) in [5.74, 6) is 0. The Bertz CT molecular complexity index is 1250. The minimum Gasteiger partial charge on any atom is -0.146 e. The molecule has 0 bridgehead atoms. The fraction of sp³-hybridized carbons (Fsp3) is 0.231. The Morgan fingerprint density at radius 3 is 1.33 bits per heavy atom. The second-order valence-electron chi connectivity index (χ2n) is 8.66. The van der Waals surface area contributed by atoms with Crippen LogP contribution in [0.25, 0.3) is 21.5 Å². The van der Waals surface area contributed by atoms with Crippen molar-refractivity contribution in [1.29, 1.82) is 0 Å². The number of benzene rings is 4. The van der Waals surface area contributed by atoms with Crippen molar-refractivity contribution in [3.05, 3.63) is 95.1 Å². The van der Waals surface area contributed by atoms with Gasteiger partial charge in [0.2, 0.25) is 0 Å². The van der Waals surface area contributed by atoms with Crippen molar-refractivity contribution >= 4 is 66.7 Å². The van der Waals surface area contributed by atoms with Crippen molar-refractivity contribution in [2.75, 3.05) is 0 Å². The molecule has 4 heteroatoms. The van der Waals surface area contributed by atoms with Gasteiger partial charge in [0.15, 0.2) is 0 Å². The highest BCUT2D eigenvalue weighted by atomic mass is 33.1. The van der Waals surface area contributed by atoms with Crippen LogP contribution >= 0.6 is 45.1 Å². The van der Waals surface area contributed by atoms with Gasteiger partial charge in [-0.05, 0) is 43.8 Å². The van der Waals surface area contributed by atoms with E-state index in [2.05, 4.69) is 118 Å². The quantitative estimate of drug-likeness (QED) is 0.223. The molecule has 2 fully saturated rings. The monoisotopic (exact) mass is 458 g/mol. The first-order valence-electron chi connectivity index (χ1n) is 10.5. The van der Waals surface area contributed by atoms with Crippen molar-refractivity contribution < 1.29 is 0 Å². The molecule has 4 aromatic rings. The molecule has 6 unspecified atom stereocenters. The van der Waals surface area contributed by atoms with Gasteiger partial charge in [-0.15, -0.1) is 23.5 Å². The van der Waals surface area contributed by atoms with Crippen LogP contribution in [-0.2, 0) is 0 Å². The van der Waals surface area contributed by atoms with Gasteiger partial charge in [-0.3, -0.25) is 0 Å². The summed E-state index contributed by atoms with van der Waals surface area (Å²) in [6.07, 6.45) is 0. The molecule has 4 aromatic carbocycles. The first-order valence-corrected chi connectivity index (χ1v) is 14.7. The van der Waals surface area contributed by atoms with E-state index >= 15 is 0 Å². The van der Waals surface area contributed by atoms with E-state index < -0.39 is 0 Å². The zero-order chi connectivity index (χ0) is 19.4. The molecule has 0 nitrogen and oxygen atoms in total. The van der Waals surface area contributed by atoms with Crippen LogP contribution in [0.1, 0.15) is 43.3 Å². The first kappa shape index (κ1) is 17.4. The second kappa shape index (κ2) is 6.19. The largest absolute Gasteiger partial charge is 0.146 e. The van der Waals surface area contributed by atoms with Crippen LogP contribution in [0, 0.1) is 0 Å². The molecule has 0 radical (unpaired) electrons. The van der Waals surface area contributed by atoms with Crippen molar-refractivity contribution in [2.45, 2.75) is 31.5 Å². The van der Waals surface area contributed by atoms with Gasteiger partial charge < -0.3 is 0 Å². The lowest BCUT2D eigenvalue weighted by Crippen LogP contribution is -2.11. The average molecular weight is 459 g/mol. The number of hydrogen-bond acceptors (Lipinski definition) is 4. The molecule has 2 aliphatic heterocycles. The molecule has 30 heavy (non-hydrogen) atoms. The second-order valence-corrected chi connectivity index (χ2v) is 13.9. The summed E-state index contributed by atoms with van der Waals surface area (Å²) in [7, 11) is 4.32. The summed E-state index contributed by atoms with van der Waals surface area (Å²) in [6, 6.07) is 27.7. The third kappa shape index (κ3) is 2.31. The highest BCUT2D eigenvalue weighted by molar-refractivity contribution is 8.77. The molecule has 8 rings (SSSR count). The fourth-order valence-electron chi connectivity index (χ4n) is 5.64. The Balaban J connectivity index is 1.18. The molecule has 0 amide bonds. The van der Waals surface area contributed by atoms with Crippen LogP contribution in [0.15, 0.2) is 72.8 Å². The molecular formula is C26H18S4. The van der Waals surface area contributed by atoms with Gasteiger partial charge in [0.05, 0.1) is 10.5 Å². The zero-order valence-electron chi connectivity index (χ0n) is 16.0. The summed E-state index contributed by atoms with van der Waals surface area (Å²) < 4.78 is 0. The molecule has 2 heterocycles. The Labute approximate surface area is 192 Å². The van der Waals surface area contributed by atoms with E-state index in [0.717, 1.165) is 10.5 Å². The lowest BCUT2D eigenvalue weighted by molar-refractivity contribution is 0.880. The molecule has 0 N–H and O–H groups in total. The van der Waals surface area contributed by atoms with E-state index in [1.807, 2.05) is 0 Å². The molecule has 0 spiro atoms. The van der Waals surface area contributed by atoms with Crippen LogP contribution in [0.2, 0.25) is 0 Å². The van der Waals surface area contributed by atoms with Gasteiger partial charge in [0, 0.05) is 21.0 Å². The Kier molecular flexibility index (Phi) is 3.58. The van der Waals surface area contributed by atoms with Gasteiger partial charge in [-0.2, -0.15) is 0 Å². The van der Waals surface area contributed by atoms with E-state index in [1.165, 1.54) is 10.8 Å². The van der Waals surface area contributed by atoms with Crippen molar-refractivity contribution in [1.82, 2.24) is 0 Å². The predicted molar refractivity (Wildman–Crippen MR) is 137 cm³/mol. The lowest BCUT2D eigenvalue weighted by Gasteiger charge is -2.27. The molecular weight excluding hydrogens is 441 g/mol. The minimum atomic E-state index is 0.599. The summed E-state index contributed by atoms with van der Waals surface area (Å²) in [5, 5.41) is 10.0. The van der Waals surface area contributed by atoms with E-state index in [-0.39, 0.29) is 0 Å². The van der Waals surface area contributed by atoms with Gasteiger partial charge in [0.1, 0.15) is 0 Å². The summed E-state index contributed by atoms with van der Waals surface area (Å²) in [4.78, 5) is 0. The van der Waals surface area contributed by atoms with Gasteiger partial charge in [-0.1, -0.05) is 94.4 Å². The van der Waals surface area contributed by atoms with Crippen LogP contribution in [-0.4, -0.2) is 10.5 Å². The summed E-state index contributed by atoms with van der Waals surface area (Å²) in [5.41, 5.74) is 6.30. The summed E-state index contributed by atoms with van der Waals surface area (Å²) in [6.45, 7) is 0. The topological polar surface area (TPSA) is 0 Å². The average Bonchev–Trinajstić information content (AvgIpc) is 3.70. The number of hydrogen-bond donors (Lipinski definition) is 0. The number of thioether (sulfide) groups is 2. The van der Waals surface area contributed by atoms with E-state index in [4.69, 9.17) is 0 Å². The summed E-state index contributed by atoms with van der Waals surface area (Å²) >= 11 is 4.36. The number of rotatable bonds is 3. The maximum Gasteiger partial charge on any atom is 0.0540 e. The third-order valence-electron chi connectivity index (χ3n) is 7.08. The maximum absolute atomic E-state index is 2.39. The van der Waals surface area contributed by atoms with Gasteiger partial charge in [-0.25, -0.2) is 0 Å². The standard InChI is InChI=1S/C26H18S4/c1-5-13-7-3-11-17-19(13)15(9-1)21-25(27-21)23(17)29-30-24-18-12-4-8-14-6-2-10-16(20(14)18)22-26(24)28-22/h1-12,21-26H. The van der Waals surface area contributed by atoms with Gasteiger partial charge >= 0.3 is 0 Å². The van der Waals surface area contributed by atoms with Crippen LogP contribution in [0.5, 0.6) is 0 Å². The Morgan fingerprint density at radius 1 is 0.500 bits per heavy atom. The first-order chi connectivity index (χ1) is 14.9. The molecule has 2 saturated heterocycles. The van der Waals surface area contributed by atoms with Crippen molar-refractivity contribution in [3.63, 3.8) is 0 Å². The van der Waals surface area contributed by atoms with E-state index in [0.29, 0.717) is 21.0 Å². The zero-order valence-corrected chi connectivity index (χ0v) is 19.3. The normalized spacial score (nSPS) is 32.0. The number of fused-ring (bicyclic) bond motifs is 4. The predicted octanol–water partition coefficient (Wildman–Crippen LogP) is 8.50. The SMILES string of the molecule is c1cc2c3c(cccc3c1)C1SC1C2SSC1c2cccc3cccc(c23)C2SC12. The highest BCUT2D eigenvalue weighted by Gasteiger charge is 2.53. The van der Waals surface area contributed by atoms with Crippen molar-refractivity contribution in [3.8, 4) is 0 Å². The van der Waals surface area contributed by atoms with Crippen LogP contribution < -0.4 is 0 Å².